The van der Waals surface area contributed by atoms with Crippen LogP contribution in [0.15, 0.2) is 97.2 Å². The summed E-state index contributed by atoms with van der Waals surface area (Å²) in [4.78, 5) is 18.8. The first kappa shape index (κ1) is 17.9. The van der Waals surface area contributed by atoms with Crippen molar-refractivity contribution in [3.05, 3.63) is 113 Å². The maximum Gasteiger partial charge on any atom is 0.211 e. The number of halogens is 1. The molecule has 4 nitrogen and oxygen atoms in total. The molecule has 0 aliphatic carbocycles. The first-order valence-electron chi connectivity index (χ1n) is 9.98. The van der Waals surface area contributed by atoms with E-state index >= 15 is 0 Å². The summed E-state index contributed by atoms with van der Waals surface area (Å²) in [6.45, 7) is 0. The number of para-hydroxylation sites is 2. The Bertz CT molecular complexity index is 1600. The number of ketones is 1. The highest BCUT2D eigenvalue weighted by molar-refractivity contribution is 6.30. The maximum atomic E-state index is 13.9. The van der Waals surface area contributed by atoms with Crippen LogP contribution in [0.2, 0.25) is 5.02 Å². The van der Waals surface area contributed by atoms with Gasteiger partial charge in [0.15, 0.2) is 5.65 Å². The summed E-state index contributed by atoms with van der Waals surface area (Å²) in [6, 6.07) is 29.0. The lowest BCUT2D eigenvalue weighted by Crippen LogP contribution is -2.13. The molecule has 0 atom stereocenters. The number of benzene rings is 3. The van der Waals surface area contributed by atoms with Gasteiger partial charge in [0.05, 0.1) is 22.2 Å². The largest absolute Gasteiger partial charge is 0.308 e. The molecule has 6 aromatic rings. The number of hydrogen-bond acceptors (Lipinski definition) is 2. The summed E-state index contributed by atoms with van der Waals surface area (Å²) in [5, 5.41) is 0.599. The number of carbonyl (C=O) groups is 1. The van der Waals surface area contributed by atoms with Crippen molar-refractivity contribution in [2.45, 2.75) is 0 Å². The molecule has 6 rings (SSSR count). The van der Waals surface area contributed by atoms with E-state index in [0.29, 0.717) is 16.3 Å². The zero-order chi connectivity index (χ0) is 20.9. The van der Waals surface area contributed by atoms with E-state index in [1.165, 1.54) is 0 Å². The molecule has 0 N–H and O–H groups in total. The van der Waals surface area contributed by atoms with Crippen LogP contribution in [0.25, 0.3) is 33.5 Å². The third-order valence-electron chi connectivity index (χ3n) is 5.60. The van der Waals surface area contributed by atoms with Gasteiger partial charge in [-0.2, -0.15) is 0 Å². The first-order chi connectivity index (χ1) is 15.2. The zero-order valence-corrected chi connectivity index (χ0v) is 17.1. The topological polar surface area (TPSA) is 38.8 Å². The number of aromatic nitrogens is 3. The Kier molecular flexibility index (Phi) is 3.95. The van der Waals surface area contributed by atoms with E-state index in [1.807, 2.05) is 77.3 Å². The van der Waals surface area contributed by atoms with Gasteiger partial charge in [0.25, 0.3) is 0 Å². The fourth-order valence-electron chi connectivity index (χ4n) is 4.22. The van der Waals surface area contributed by atoms with E-state index in [1.54, 1.807) is 24.3 Å². The minimum Gasteiger partial charge on any atom is -0.308 e. The highest BCUT2D eigenvalue weighted by atomic mass is 35.5. The van der Waals surface area contributed by atoms with Crippen LogP contribution >= 0.6 is 11.6 Å². The minimum atomic E-state index is -0.0728. The van der Waals surface area contributed by atoms with Gasteiger partial charge in [-0.25, -0.2) is 4.98 Å². The second-order valence-corrected chi connectivity index (χ2v) is 7.86. The summed E-state index contributed by atoms with van der Waals surface area (Å²) < 4.78 is 4.05. The van der Waals surface area contributed by atoms with Gasteiger partial charge in [-0.05, 0) is 48.5 Å². The van der Waals surface area contributed by atoms with Crippen molar-refractivity contribution in [1.82, 2.24) is 13.8 Å². The van der Waals surface area contributed by atoms with E-state index in [9.17, 15) is 4.79 Å². The third-order valence-corrected chi connectivity index (χ3v) is 5.85. The van der Waals surface area contributed by atoms with Crippen LogP contribution in [0.1, 0.15) is 16.1 Å². The van der Waals surface area contributed by atoms with Crippen molar-refractivity contribution in [2.24, 2.45) is 0 Å². The summed E-state index contributed by atoms with van der Waals surface area (Å²) in [5.74, 6) is -0.0728. The molecule has 0 spiro atoms. The third kappa shape index (κ3) is 2.69. The van der Waals surface area contributed by atoms with E-state index in [-0.39, 0.29) is 5.78 Å². The van der Waals surface area contributed by atoms with Crippen LogP contribution in [0, 0.1) is 0 Å². The second kappa shape index (κ2) is 6.83. The number of fused-ring (bicyclic) bond motifs is 5. The van der Waals surface area contributed by atoms with Crippen molar-refractivity contribution >= 4 is 39.6 Å². The Labute approximate surface area is 183 Å². The van der Waals surface area contributed by atoms with Crippen molar-refractivity contribution < 1.29 is 4.79 Å². The Morgan fingerprint density at radius 1 is 0.774 bits per heavy atom. The number of hydrogen-bond donors (Lipinski definition) is 0. The molecule has 3 aromatic carbocycles. The first-order valence-corrected chi connectivity index (χ1v) is 10.4. The fraction of sp³-hybridized carbons (Fsp3) is 0. The molecule has 0 bridgehead atoms. The minimum absolute atomic E-state index is 0.0728. The molecule has 0 fully saturated rings. The maximum absolute atomic E-state index is 13.9. The smallest absolute Gasteiger partial charge is 0.211 e. The Balaban J connectivity index is 1.82. The predicted molar refractivity (Wildman–Crippen MR) is 124 cm³/mol. The van der Waals surface area contributed by atoms with Gasteiger partial charge in [0, 0.05) is 22.3 Å². The molecule has 31 heavy (non-hydrogen) atoms. The van der Waals surface area contributed by atoms with Gasteiger partial charge in [-0.3, -0.25) is 9.20 Å². The quantitative estimate of drug-likeness (QED) is 0.315. The van der Waals surface area contributed by atoms with Crippen LogP contribution < -0.4 is 0 Å². The molecule has 0 amide bonds. The van der Waals surface area contributed by atoms with E-state index in [4.69, 9.17) is 16.6 Å². The summed E-state index contributed by atoms with van der Waals surface area (Å²) in [7, 11) is 0. The average molecular weight is 422 g/mol. The van der Waals surface area contributed by atoms with Crippen LogP contribution in [-0.4, -0.2) is 19.6 Å². The molecule has 0 aliphatic heterocycles. The Morgan fingerprint density at radius 2 is 1.48 bits per heavy atom. The number of carbonyl (C=O) groups excluding carboxylic acids is 1. The standard InChI is InChI=1S/C26H16ClN3O/c27-19-14-12-18(13-15-19)25(31)24-23(17-7-2-1-3-8-17)30-21-10-5-4-9-20(21)28-26(30)22-11-6-16-29(22)24/h1-16H. The average Bonchev–Trinajstić information content (AvgIpc) is 3.44. The molecule has 148 valence electrons. The number of imidazole rings is 1. The molecule has 0 unspecified atom stereocenters. The lowest BCUT2D eigenvalue weighted by atomic mass is 10.0. The van der Waals surface area contributed by atoms with Crippen molar-refractivity contribution in [1.29, 1.82) is 0 Å². The lowest BCUT2D eigenvalue weighted by molar-refractivity contribution is 0.103. The predicted octanol–water partition coefficient (Wildman–Crippen LogP) is 6.29. The van der Waals surface area contributed by atoms with Gasteiger partial charge in [-0.1, -0.05) is 54.1 Å². The van der Waals surface area contributed by atoms with Crippen molar-refractivity contribution in [3.8, 4) is 11.3 Å². The van der Waals surface area contributed by atoms with Gasteiger partial charge >= 0.3 is 0 Å². The molecule has 3 aromatic heterocycles. The van der Waals surface area contributed by atoms with Gasteiger partial charge in [0.2, 0.25) is 5.78 Å². The summed E-state index contributed by atoms with van der Waals surface area (Å²) in [5.41, 5.74) is 6.48. The van der Waals surface area contributed by atoms with E-state index < -0.39 is 0 Å². The zero-order valence-electron chi connectivity index (χ0n) is 16.4. The van der Waals surface area contributed by atoms with Crippen molar-refractivity contribution in [2.75, 3.05) is 0 Å². The highest BCUT2D eigenvalue weighted by Crippen LogP contribution is 2.33. The molecule has 0 radical (unpaired) electrons. The highest BCUT2D eigenvalue weighted by Gasteiger charge is 2.24. The Morgan fingerprint density at radius 3 is 2.29 bits per heavy atom. The summed E-state index contributed by atoms with van der Waals surface area (Å²) >= 11 is 6.07. The van der Waals surface area contributed by atoms with Gasteiger partial charge in [-0.15, -0.1) is 0 Å². The monoisotopic (exact) mass is 421 g/mol. The van der Waals surface area contributed by atoms with Crippen LogP contribution in [-0.2, 0) is 0 Å². The van der Waals surface area contributed by atoms with Crippen molar-refractivity contribution in [3.63, 3.8) is 0 Å². The molecular weight excluding hydrogens is 406 g/mol. The van der Waals surface area contributed by atoms with Gasteiger partial charge < -0.3 is 4.40 Å². The van der Waals surface area contributed by atoms with Crippen LogP contribution in [0.5, 0.6) is 0 Å². The van der Waals surface area contributed by atoms with E-state index in [2.05, 4.69) is 4.40 Å². The molecule has 0 saturated carbocycles. The molecule has 3 heterocycles. The fourth-order valence-corrected chi connectivity index (χ4v) is 4.35. The van der Waals surface area contributed by atoms with E-state index in [0.717, 1.165) is 33.5 Å². The lowest BCUT2D eigenvalue weighted by Gasteiger charge is -2.16. The summed E-state index contributed by atoms with van der Waals surface area (Å²) in [6.07, 6.45) is 1.92. The SMILES string of the molecule is O=C(c1ccc(Cl)cc1)c1c(-c2ccccc2)n2c3ccccc3nc2c2cccn12. The molecular formula is C26H16ClN3O. The Hall–Kier alpha value is -3.89. The van der Waals surface area contributed by atoms with Gasteiger partial charge in [0.1, 0.15) is 5.69 Å². The number of rotatable bonds is 3. The molecule has 5 heteroatoms. The second-order valence-electron chi connectivity index (χ2n) is 7.42. The van der Waals surface area contributed by atoms with Crippen LogP contribution in [0.3, 0.4) is 0 Å². The van der Waals surface area contributed by atoms with Crippen LogP contribution in [0.4, 0.5) is 0 Å². The molecule has 0 saturated heterocycles. The molecule has 0 aliphatic rings. The number of nitrogens with zero attached hydrogens (tertiary/aromatic N) is 3. The normalized spacial score (nSPS) is 11.5.